The summed E-state index contributed by atoms with van der Waals surface area (Å²) in [6.45, 7) is 1.77. The van der Waals surface area contributed by atoms with Crippen molar-refractivity contribution in [3.8, 4) is 5.75 Å². The molecule has 3 rings (SSSR count). The number of ether oxygens (including phenoxy) is 1. The van der Waals surface area contributed by atoms with Crippen molar-refractivity contribution in [2.75, 3.05) is 7.11 Å². The monoisotopic (exact) mass is 325 g/mol. The number of hydrogen-bond donors (Lipinski definition) is 1. The van der Waals surface area contributed by atoms with Crippen LogP contribution in [0.2, 0.25) is 0 Å². The van der Waals surface area contributed by atoms with Crippen LogP contribution < -0.4 is 10.1 Å². The molecule has 1 heterocycles. The number of benzene rings is 2. The molecule has 1 aromatic heterocycles. The zero-order valence-corrected chi connectivity index (χ0v) is 13.3. The maximum absolute atomic E-state index is 13.8. The Morgan fingerprint density at radius 2 is 1.96 bits per heavy atom. The van der Waals surface area contributed by atoms with Crippen LogP contribution in [0.3, 0.4) is 0 Å². The lowest BCUT2D eigenvalue weighted by Crippen LogP contribution is -2.27. The van der Waals surface area contributed by atoms with Gasteiger partial charge in [-0.1, -0.05) is 18.2 Å². The first-order valence-corrected chi connectivity index (χ1v) is 7.44. The molecule has 2 aromatic carbocycles. The molecule has 0 aliphatic rings. The molecule has 0 radical (unpaired) electrons. The van der Waals surface area contributed by atoms with E-state index in [2.05, 4.69) is 15.3 Å². The Labute approximate surface area is 138 Å². The molecule has 0 aliphatic heterocycles. The number of rotatable bonds is 4. The van der Waals surface area contributed by atoms with Crippen molar-refractivity contribution in [2.24, 2.45) is 0 Å². The second-order valence-electron chi connectivity index (χ2n) is 5.33. The first-order chi connectivity index (χ1) is 11.6. The topological polar surface area (TPSA) is 64.1 Å². The first kappa shape index (κ1) is 15.9. The highest BCUT2D eigenvalue weighted by Gasteiger charge is 2.15. The summed E-state index contributed by atoms with van der Waals surface area (Å²) in [4.78, 5) is 20.9. The maximum atomic E-state index is 13.8. The summed E-state index contributed by atoms with van der Waals surface area (Å²) in [6, 6.07) is 11.5. The van der Waals surface area contributed by atoms with Gasteiger partial charge in [-0.2, -0.15) is 0 Å². The van der Waals surface area contributed by atoms with E-state index in [0.29, 0.717) is 11.1 Å². The van der Waals surface area contributed by atoms with E-state index in [0.717, 1.165) is 5.52 Å². The van der Waals surface area contributed by atoms with Crippen LogP contribution in [0, 0.1) is 5.82 Å². The standard InChI is InChI=1S/C18H16FN3O2/c1-11(12-7-8-17(24-2)13(19)9-12)21-18(23)16-10-20-14-5-3-4-6-15(14)22-16/h3-11H,1-2H3,(H,21,23). The molecular formula is C18H16FN3O2. The lowest BCUT2D eigenvalue weighted by molar-refractivity contribution is 0.0934. The van der Waals surface area contributed by atoms with Crippen molar-refractivity contribution in [1.82, 2.24) is 15.3 Å². The average Bonchev–Trinajstić information content (AvgIpc) is 2.61. The van der Waals surface area contributed by atoms with Gasteiger partial charge in [-0.05, 0) is 36.8 Å². The molecular weight excluding hydrogens is 309 g/mol. The van der Waals surface area contributed by atoms with Crippen LogP contribution in [0.4, 0.5) is 4.39 Å². The molecule has 24 heavy (non-hydrogen) atoms. The lowest BCUT2D eigenvalue weighted by Gasteiger charge is -2.15. The Balaban J connectivity index is 1.78. The number of aromatic nitrogens is 2. The van der Waals surface area contributed by atoms with E-state index in [1.54, 1.807) is 19.1 Å². The van der Waals surface area contributed by atoms with Gasteiger partial charge in [0.05, 0.1) is 30.4 Å². The average molecular weight is 325 g/mol. The normalized spacial score (nSPS) is 12.0. The Hall–Kier alpha value is -3.02. The molecule has 0 saturated heterocycles. The van der Waals surface area contributed by atoms with Gasteiger partial charge in [-0.3, -0.25) is 9.78 Å². The predicted octanol–water partition coefficient (Wildman–Crippen LogP) is 3.27. The van der Waals surface area contributed by atoms with Crippen LogP contribution in [-0.2, 0) is 0 Å². The highest BCUT2D eigenvalue weighted by molar-refractivity contribution is 5.94. The maximum Gasteiger partial charge on any atom is 0.271 e. The van der Waals surface area contributed by atoms with Gasteiger partial charge in [0.1, 0.15) is 5.69 Å². The molecule has 0 bridgehead atoms. The molecule has 0 aliphatic carbocycles. The number of nitrogens with one attached hydrogen (secondary N) is 1. The van der Waals surface area contributed by atoms with Crippen LogP contribution in [-0.4, -0.2) is 23.0 Å². The molecule has 1 N–H and O–H groups in total. The van der Waals surface area contributed by atoms with Gasteiger partial charge in [0.15, 0.2) is 11.6 Å². The third kappa shape index (κ3) is 3.17. The van der Waals surface area contributed by atoms with Gasteiger partial charge in [0.2, 0.25) is 0 Å². The van der Waals surface area contributed by atoms with Gasteiger partial charge in [0, 0.05) is 0 Å². The Morgan fingerprint density at radius 1 is 1.21 bits per heavy atom. The predicted molar refractivity (Wildman–Crippen MR) is 88.4 cm³/mol. The van der Waals surface area contributed by atoms with Gasteiger partial charge >= 0.3 is 0 Å². The zero-order chi connectivity index (χ0) is 17.1. The van der Waals surface area contributed by atoms with Crippen molar-refractivity contribution >= 4 is 16.9 Å². The van der Waals surface area contributed by atoms with E-state index in [-0.39, 0.29) is 23.4 Å². The highest BCUT2D eigenvalue weighted by atomic mass is 19.1. The van der Waals surface area contributed by atoms with Crippen molar-refractivity contribution in [2.45, 2.75) is 13.0 Å². The van der Waals surface area contributed by atoms with E-state index in [1.807, 2.05) is 18.2 Å². The lowest BCUT2D eigenvalue weighted by atomic mass is 10.1. The Bertz CT molecular complexity index is 898. The summed E-state index contributed by atoms with van der Waals surface area (Å²) in [5, 5.41) is 2.79. The largest absolute Gasteiger partial charge is 0.494 e. The van der Waals surface area contributed by atoms with Crippen LogP contribution in [0.15, 0.2) is 48.7 Å². The molecule has 1 atom stereocenters. The third-order valence-corrected chi connectivity index (χ3v) is 3.70. The summed E-state index contributed by atoms with van der Waals surface area (Å²) in [7, 11) is 1.40. The number of nitrogens with zero attached hydrogens (tertiary/aromatic N) is 2. The summed E-state index contributed by atoms with van der Waals surface area (Å²) in [5.74, 6) is -0.670. The fourth-order valence-electron chi connectivity index (χ4n) is 2.37. The SMILES string of the molecule is COc1ccc(C(C)NC(=O)c2cnc3ccccc3n2)cc1F. The van der Waals surface area contributed by atoms with Crippen molar-refractivity contribution in [3.05, 3.63) is 65.7 Å². The molecule has 1 amide bonds. The number of fused-ring (bicyclic) bond motifs is 1. The zero-order valence-electron chi connectivity index (χ0n) is 13.3. The molecule has 0 fully saturated rings. The van der Waals surface area contributed by atoms with Gasteiger partial charge in [0.25, 0.3) is 5.91 Å². The number of carbonyl (C=O) groups excluding carboxylic acids is 1. The minimum Gasteiger partial charge on any atom is -0.494 e. The van der Waals surface area contributed by atoms with E-state index in [9.17, 15) is 9.18 Å². The fraction of sp³-hybridized carbons (Fsp3) is 0.167. The van der Waals surface area contributed by atoms with Crippen molar-refractivity contribution < 1.29 is 13.9 Å². The van der Waals surface area contributed by atoms with Gasteiger partial charge < -0.3 is 10.1 Å². The van der Waals surface area contributed by atoms with Crippen LogP contribution in [0.5, 0.6) is 5.75 Å². The summed E-state index contributed by atoms with van der Waals surface area (Å²) in [6.07, 6.45) is 1.43. The second-order valence-corrected chi connectivity index (χ2v) is 5.33. The number of amides is 1. The van der Waals surface area contributed by atoms with E-state index < -0.39 is 5.82 Å². The minimum atomic E-state index is -0.471. The molecule has 1 unspecified atom stereocenters. The second kappa shape index (κ2) is 6.62. The fourth-order valence-corrected chi connectivity index (χ4v) is 2.37. The summed E-state index contributed by atoms with van der Waals surface area (Å²) in [5.41, 5.74) is 2.22. The van der Waals surface area contributed by atoms with E-state index in [1.165, 1.54) is 25.4 Å². The molecule has 0 spiro atoms. The smallest absolute Gasteiger partial charge is 0.271 e. The Kier molecular flexibility index (Phi) is 4.37. The minimum absolute atomic E-state index is 0.165. The Morgan fingerprint density at radius 3 is 2.67 bits per heavy atom. The van der Waals surface area contributed by atoms with Crippen LogP contribution in [0.1, 0.15) is 29.0 Å². The number of carbonyl (C=O) groups is 1. The van der Waals surface area contributed by atoms with E-state index >= 15 is 0 Å². The van der Waals surface area contributed by atoms with Gasteiger partial charge in [-0.15, -0.1) is 0 Å². The number of methoxy groups -OCH3 is 1. The number of hydrogen-bond acceptors (Lipinski definition) is 4. The van der Waals surface area contributed by atoms with Crippen molar-refractivity contribution in [1.29, 1.82) is 0 Å². The summed E-state index contributed by atoms with van der Waals surface area (Å²) >= 11 is 0. The first-order valence-electron chi connectivity index (χ1n) is 7.44. The third-order valence-electron chi connectivity index (χ3n) is 3.70. The van der Waals surface area contributed by atoms with Crippen LogP contribution >= 0.6 is 0 Å². The van der Waals surface area contributed by atoms with Crippen LogP contribution in [0.25, 0.3) is 11.0 Å². The molecule has 3 aromatic rings. The molecule has 122 valence electrons. The van der Waals surface area contributed by atoms with Crippen molar-refractivity contribution in [3.63, 3.8) is 0 Å². The molecule has 5 nitrogen and oxygen atoms in total. The highest BCUT2D eigenvalue weighted by Crippen LogP contribution is 2.22. The number of para-hydroxylation sites is 2. The molecule has 0 saturated carbocycles. The quantitative estimate of drug-likeness (QED) is 0.799. The van der Waals surface area contributed by atoms with E-state index in [4.69, 9.17) is 4.74 Å². The summed E-state index contributed by atoms with van der Waals surface area (Å²) < 4.78 is 18.7. The molecule has 6 heteroatoms. The van der Waals surface area contributed by atoms with Gasteiger partial charge in [-0.25, -0.2) is 9.37 Å². The number of halogens is 1.